The number of unbranched alkanes of at least 4 members (excludes halogenated alkanes) is 9. The predicted molar refractivity (Wildman–Crippen MR) is 72.6 cm³/mol. The summed E-state index contributed by atoms with van der Waals surface area (Å²) in [6.07, 6.45) is 11.6. The molecule has 0 bridgehead atoms. The predicted octanol–water partition coefficient (Wildman–Crippen LogP) is 2.65. The lowest BCUT2D eigenvalue weighted by atomic mass is 10.1. The summed E-state index contributed by atoms with van der Waals surface area (Å²) in [4.78, 5) is 10.3. The van der Waals surface area contributed by atoms with Crippen LogP contribution in [0.15, 0.2) is 0 Å². The molecule has 19 heavy (non-hydrogen) atoms. The number of carboxylic acid groups (broad SMARTS) is 1. The molecule has 0 aromatic rings. The van der Waals surface area contributed by atoms with Crippen LogP contribution in [0.3, 0.4) is 0 Å². The molecule has 0 spiro atoms. The largest absolute Gasteiger partial charge is 0.475 e. The van der Waals surface area contributed by atoms with Crippen LogP contribution in [-0.2, 0) is 9.53 Å². The van der Waals surface area contributed by atoms with Gasteiger partial charge in [0, 0.05) is 0 Å². The topological polar surface area (TPSA) is 87.0 Å². The molecule has 0 aromatic heterocycles. The average Bonchev–Trinajstić information content (AvgIpc) is 2.35. The van der Waals surface area contributed by atoms with Crippen LogP contribution in [0, 0.1) is 0 Å². The van der Waals surface area contributed by atoms with Crippen molar-refractivity contribution < 1.29 is 24.9 Å². The summed E-state index contributed by atoms with van der Waals surface area (Å²) >= 11 is 0. The van der Waals surface area contributed by atoms with E-state index in [1.807, 2.05) is 0 Å². The lowest BCUT2D eigenvalue weighted by molar-refractivity contribution is -0.323. The summed E-state index contributed by atoms with van der Waals surface area (Å²) in [7, 11) is 0. The Morgan fingerprint density at radius 1 is 0.895 bits per heavy atom. The molecule has 0 unspecified atom stereocenters. The van der Waals surface area contributed by atoms with Crippen LogP contribution in [0.5, 0.6) is 0 Å². The van der Waals surface area contributed by atoms with Crippen molar-refractivity contribution in [1.82, 2.24) is 0 Å². The van der Waals surface area contributed by atoms with Gasteiger partial charge in [0.2, 0.25) is 0 Å². The van der Waals surface area contributed by atoms with Crippen LogP contribution in [-0.4, -0.2) is 33.9 Å². The van der Waals surface area contributed by atoms with E-state index < -0.39 is 11.9 Å². The Balaban J connectivity index is 3.21. The van der Waals surface area contributed by atoms with Gasteiger partial charge in [0.1, 0.15) is 0 Å². The summed E-state index contributed by atoms with van der Waals surface area (Å²) in [5.41, 5.74) is 0. The van der Waals surface area contributed by atoms with Crippen molar-refractivity contribution in [2.45, 2.75) is 77.1 Å². The molecule has 0 aromatic carbocycles. The van der Waals surface area contributed by atoms with Crippen LogP contribution < -0.4 is 0 Å². The minimum atomic E-state index is -3.04. The van der Waals surface area contributed by atoms with Gasteiger partial charge >= 0.3 is 11.9 Å². The third kappa shape index (κ3) is 10.9. The highest BCUT2D eigenvalue weighted by molar-refractivity contribution is 5.73. The maximum absolute atomic E-state index is 10.3. The normalized spacial score (nSPS) is 11.7. The Labute approximate surface area is 115 Å². The number of hydrogen-bond acceptors (Lipinski definition) is 4. The van der Waals surface area contributed by atoms with Crippen LogP contribution in [0.1, 0.15) is 71.1 Å². The molecule has 3 N–H and O–H groups in total. The number of hydrogen-bond donors (Lipinski definition) is 3. The third-order valence-electron chi connectivity index (χ3n) is 3.08. The molecule has 0 saturated carbocycles. The quantitative estimate of drug-likeness (QED) is 0.355. The number of carbonyl (C=O) groups is 1. The maximum atomic E-state index is 10.3. The standard InChI is InChI=1S/C14H28O5/c1-2-3-4-5-6-7-8-9-10-11-12-19-14(17,18)13(15)16/h17-18H,2-12H2,1H3,(H,15,16). The maximum Gasteiger partial charge on any atom is 0.395 e. The van der Waals surface area contributed by atoms with E-state index in [-0.39, 0.29) is 6.61 Å². The second kappa shape index (κ2) is 11.2. The number of rotatable bonds is 13. The van der Waals surface area contributed by atoms with E-state index in [2.05, 4.69) is 11.7 Å². The molecule has 0 fully saturated rings. The molecule has 0 aliphatic carbocycles. The molecule has 5 nitrogen and oxygen atoms in total. The van der Waals surface area contributed by atoms with E-state index in [1.54, 1.807) is 0 Å². The lowest BCUT2D eigenvalue weighted by Gasteiger charge is -2.16. The lowest BCUT2D eigenvalue weighted by Crippen LogP contribution is -2.41. The Hall–Kier alpha value is -0.650. The summed E-state index contributed by atoms with van der Waals surface area (Å²) in [6.45, 7) is 2.26. The molecule has 0 heterocycles. The van der Waals surface area contributed by atoms with Crippen molar-refractivity contribution in [2.75, 3.05) is 6.61 Å². The smallest absolute Gasteiger partial charge is 0.395 e. The van der Waals surface area contributed by atoms with Gasteiger partial charge in [-0.3, -0.25) is 0 Å². The number of ether oxygens (including phenoxy) is 1. The van der Waals surface area contributed by atoms with E-state index in [4.69, 9.17) is 15.3 Å². The number of aliphatic hydroxyl groups is 2. The molecule has 0 rings (SSSR count). The van der Waals surface area contributed by atoms with Crippen molar-refractivity contribution in [3.8, 4) is 0 Å². The number of carboxylic acids is 1. The van der Waals surface area contributed by atoms with E-state index in [0.29, 0.717) is 6.42 Å². The van der Waals surface area contributed by atoms with Gasteiger partial charge in [-0.2, -0.15) is 0 Å². The second-order valence-corrected chi connectivity index (χ2v) is 4.94. The van der Waals surface area contributed by atoms with Crippen molar-refractivity contribution in [3.63, 3.8) is 0 Å². The Morgan fingerprint density at radius 2 is 1.32 bits per heavy atom. The van der Waals surface area contributed by atoms with Gasteiger partial charge in [-0.05, 0) is 6.42 Å². The van der Waals surface area contributed by atoms with E-state index in [1.165, 1.54) is 44.9 Å². The Kier molecular flexibility index (Phi) is 10.8. The molecule has 114 valence electrons. The number of aliphatic carboxylic acids is 1. The highest BCUT2D eigenvalue weighted by Crippen LogP contribution is 2.11. The van der Waals surface area contributed by atoms with E-state index in [0.717, 1.165) is 12.8 Å². The molecule has 0 radical (unpaired) electrons. The van der Waals surface area contributed by atoms with Gasteiger partial charge in [0.15, 0.2) is 0 Å². The van der Waals surface area contributed by atoms with E-state index in [9.17, 15) is 4.79 Å². The second-order valence-electron chi connectivity index (χ2n) is 4.94. The highest BCUT2D eigenvalue weighted by atomic mass is 16.8. The highest BCUT2D eigenvalue weighted by Gasteiger charge is 2.34. The van der Waals surface area contributed by atoms with Gasteiger partial charge in [-0.15, -0.1) is 0 Å². The van der Waals surface area contributed by atoms with Crippen LogP contribution in [0.25, 0.3) is 0 Å². The van der Waals surface area contributed by atoms with Gasteiger partial charge < -0.3 is 20.1 Å². The fraction of sp³-hybridized carbons (Fsp3) is 0.929. The first-order chi connectivity index (χ1) is 9.00. The molecular formula is C14H28O5. The molecular weight excluding hydrogens is 248 g/mol. The fourth-order valence-electron chi connectivity index (χ4n) is 1.87. The Bertz CT molecular complexity index is 228. The minimum Gasteiger partial charge on any atom is -0.475 e. The summed E-state index contributed by atoms with van der Waals surface area (Å²) in [5, 5.41) is 26.1. The van der Waals surface area contributed by atoms with Crippen LogP contribution >= 0.6 is 0 Å². The van der Waals surface area contributed by atoms with Crippen LogP contribution in [0.4, 0.5) is 0 Å². The molecule has 0 saturated heterocycles. The van der Waals surface area contributed by atoms with Crippen molar-refractivity contribution in [2.24, 2.45) is 0 Å². The first-order valence-corrected chi connectivity index (χ1v) is 7.32. The molecule has 0 aliphatic rings. The van der Waals surface area contributed by atoms with Gasteiger partial charge in [0.25, 0.3) is 0 Å². The van der Waals surface area contributed by atoms with Gasteiger partial charge in [-0.25, -0.2) is 4.79 Å². The van der Waals surface area contributed by atoms with Crippen molar-refractivity contribution in [3.05, 3.63) is 0 Å². The molecule has 0 aliphatic heterocycles. The fourth-order valence-corrected chi connectivity index (χ4v) is 1.87. The molecule has 0 amide bonds. The zero-order chi connectivity index (χ0) is 14.6. The van der Waals surface area contributed by atoms with Crippen LogP contribution in [0.2, 0.25) is 0 Å². The SMILES string of the molecule is CCCCCCCCCCCCOC(O)(O)C(=O)O. The first kappa shape index (κ1) is 18.4. The van der Waals surface area contributed by atoms with Crippen molar-refractivity contribution >= 4 is 5.97 Å². The Morgan fingerprint density at radius 3 is 1.74 bits per heavy atom. The van der Waals surface area contributed by atoms with E-state index >= 15 is 0 Å². The molecule has 0 atom stereocenters. The monoisotopic (exact) mass is 276 g/mol. The first-order valence-electron chi connectivity index (χ1n) is 7.32. The average molecular weight is 276 g/mol. The summed E-state index contributed by atoms with van der Waals surface area (Å²) in [5.74, 6) is -4.82. The van der Waals surface area contributed by atoms with Gasteiger partial charge in [0.05, 0.1) is 6.61 Å². The molecule has 5 heteroatoms. The zero-order valence-corrected chi connectivity index (χ0v) is 11.9. The third-order valence-corrected chi connectivity index (χ3v) is 3.08. The van der Waals surface area contributed by atoms with Gasteiger partial charge in [-0.1, -0.05) is 64.7 Å². The summed E-state index contributed by atoms with van der Waals surface area (Å²) < 4.78 is 4.47. The summed E-state index contributed by atoms with van der Waals surface area (Å²) in [6, 6.07) is 0. The minimum absolute atomic E-state index is 0.0514. The van der Waals surface area contributed by atoms with Crippen molar-refractivity contribution in [1.29, 1.82) is 0 Å². The zero-order valence-electron chi connectivity index (χ0n) is 11.9.